The van der Waals surface area contributed by atoms with Gasteiger partial charge in [0.25, 0.3) is 0 Å². The maximum absolute atomic E-state index is 14.0. The molecule has 0 atom stereocenters. The predicted octanol–water partition coefficient (Wildman–Crippen LogP) is 2.84. The third-order valence-electron chi connectivity index (χ3n) is 5.94. The number of alkyl halides is 1. The summed E-state index contributed by atoms with van der Waals surface area (Å²) in [5.41, 5.74) is -1.63. The van der Waals surface area contributed by atoms with Crippen LogP contribution in [-0.4, -0.2) is 66.2 Å². The van der Waals surface area contributed by atoms with Crippen molar-refractivity contribution in [2.75, 3.05) is 24.2 Å². The standard InChI is InChI=1S/C21H30FN5O5S/c1-21(2,22)19-25-20(32-26-19)27-10-8-16(9-11-27)30-14-4-6-15(7-5-14)31-17-12-24-18(13-23-17)33(3,28)29/h12-16H,4-11H2,1-3H3/t14-,15-. The highest BCUT2D eigenvalue weighted by Gasteiger charge is 2.31. The van der Waals surface area contributed by atoms with Gasteiger partial charge in [-0.05, 0) is 52.4 Å². The van der Waals surface area contributed by atoms with Crippen LogP contribution in [0.3, 0.4) is 0 Å². The molecule has 33 heavy (non-hydrogen) atoms. The number of ether oxygens (including phenoxy) is 2. The lowest BCUT2D eigenvalue weighted by atomic mass is 9.94. The fourth-order valence-electron chi connectivity index (χ4n) is 4.05. The molecule has 0 bridgehead atoms. The van der Waals surface area contributed by atoms with Crippen LogP contribution < -0.4 is 9.64 Å². The number of hydrogen-bond acceptors (Lipinski definition) is 10. The summed E-state index contributed by atoms with van der Waals surface area (Å²) in [5.74, 6) is 0.395. The Hall–Kier alpha value is -2.34. The van der Waals surface area contributed by atoms with Gasteiger partial charge in [0, 0.05) is 19.3 Å². The van der Waals surface area contributed by atoms with Crippen LogP contribution in [0.5, 0.6) is 5.88 Å². The van der Waals surface area contributed by atoms with Crippen molar-refractivity contribution in [2.24, 2.45) is 0 Å². The molecule has 1 aliphatic carbocycles. The molecule has 0 amide bonds. The minimum absolute atomic E-state index is 0.0107. The summed E-state index contributed by atoms with van der Waals surface area (Å²) in [6.45, 7) is 4.26. The maximum Gasteiger partial charge on any atom is 0.324 e. The van der Waals surface area contributed by atoms with Crippen LogP contribution in [-0.2, 0) is 20.2 Å². The van der Waals surface area contributed by atoms with Gasteiger partial charge in [-0.2, -0.15) is 4.98 Å². The first-order chi connectivity index (χ1) is 15.6. The number of halogens is 1. The number of rotatable bonds is 7. The summed E-state index contributed by atoms with van der Waals surface area (Å²) in [4.78, 5) is 14.1. The quantitative estimate of drug-likeness (QED) is 0.581. The van der Waals surface area contributed by atoms with E-state index < -0.39 is 15.5 Å². The van der Waals surface area contributed by atoms with E-state index in [1.165, 1.54) is 26.2 Å². The average Bonchev–Trinajstić information content (AvgIpc) is 3.26. The van der Waals surface area contributed by atoms with Crippen molar-refractivity contribution in [3.05, 3.63) is 18.2 Å². The largest absolute Gasteiger partial charge is 0.473 e. The Labute approximate surface area is 192 Å². The Kier molecular flexibility index (Phi) is 6.85. The molecule has 0 aromatic carbocycles. The molecule has 4 rings (SSSR count). The molecule has 0 spiro atoms. The molecule has 2 aromatic heterocycles. The summed E-state index contributed by atoms with van der Waals surface area (Å²) in [7, 11) is -3.37. The van der Waals surface area contributed by atoms with E-state index in [-0.39, 0.29) is 29.2 Å². The Morgan fingerprint density at radius 1 is 1.03 bits per heavy atom. The third-order valence-corrected chi connectivity index (χ3v) is 6.91. The van der Waals surface area contributed by atoms with Crippen molar-refractivity contribution in [3.8, 4) is 5.88 Å². The van der Waals surface area contributed by atoms with Crippen molar-refractivity contribution in [1.29, 1.82) is 0 Å². The predicted molar refractivity (Wildman–Crippen MR) is 117 cm³/mol. The molecule has 12 heteroatoms. The molecule has 2 fully saturated rings. The molecule has 1 saturated heterocycles. The number of piperidine rings is 1. The summed E-state index contributed by atoms with van der Waals surface area (Å²) < 4.78 is 54.3. The van der Waals surface area contributed by atoms with Crippen molar-refractivity contribution in [3.63, 3.8) is 0 Å². The normalized spacial score (nSPS) is 23.0. The smallest absolute Gasteiger partial charge is 0.324 e. The Morgan fingerprint density at radius 2 is 1.67 bits per heavy atom. The topological polar surface area (TPSA) is 121 Å². The van der Waals surface area contributed by atoms with Crippen LogP contribution >= 0.6 is 0 Å². The minimum atomic E-state index is -3.37. The minimum Gasteiger partial charge on any atom is -0.473 e. The molecule has 0 unspecified atom stereocenters. The van der Waals surface area contributed by atoms with Gasteiger partial charge >= 0.3 is 6.01 Å². The maximum atomic E-state index is 14.0. The van der Waals surface area contributed by atoms with E-state index in [4.69, 9.17) is 14.0 Å². The van der Waals surface area contributed by atoms with Crippen LogP contribution in [0.25, 0.3) is 0 Å². The van der Waals surface area contributed by atoms with E-state index in [0.29, 0.717) is 11.9 Å². The zero-order valence-electron chi connectivity index (χ0n) is 19.1. The molecule has 182 valence electrons. The van der Waals surface area contributed by atoms with Crippen LogP contribution in [0.2, 0.25) is 0 Å². The van der Waals surface area contributed by atoms with Gasteiger partial charge in [0.2, 0.25) is 11.7 Å². The van der Waals surface area contributed by atoms with E-state index >= 15 is 0 Å². The summed E-state index contributed by atoms with van der Waals surface area (Å²) >= 11 is 0. The molecule has 0 N–H and O–H groups in total. The summed E-state index contributed by atoms with van der Waals surface area (Å²) in [6.07, 6.45) is 9.16. The number of nitrogens with zero attached hydrogens (tertiary/aromatic N) is 5. The highest BCUT2D eigenvalue weighted by Crippen LogP contribution is 2.29. The molecule has 2 aromatic rings. The molecular formula is C21H30FN5O5S. The Balaban J connectivity index is 1.19. The zero-order chi connectivity index (χ0) is 23.6. The fraction of sp³-hybridized carbons (Fsp3) is 0.714. The van der Waals surface area contributed by atoms with Crippen molar-refractivity contribution in [2.45, 2.75) is 81.4 Å². The van der Waals surface area contributed by atoms with Crippen molar-refractivity contribution < 1.29 is 26.8 Å². The average molecular weight is 484 g/mol. The molecule has 10 nitrogen and oxygen atoms in total. The first-order valence-corrected chi connectivity index (χ1v) is 13.1. The first-order valence-electron chi connectivity index (χ1n) is 11.2. The molecule has 1 saturated carbocycles. The van der Waals surface area contributed by atoms with Crippen molar-refractivity contribution in [1.82, 2.24) is 20.1 Å². The van der Waals surface area contributed by atoms with Crippen LogP contribution in [0.4, 0.5) is 10.4 Å². The Bertz CT molecular complexity index is 1020. The van der Waals surface area contributed by atoms with E-state index in [0.717, 1.165) is 57.9 Å². The fourth-order valence-corrected chi connectivity index (χ4v) is 4.54. The van der Waals surface area contributed by atoms with Gasteiger partial charge in [0.15, 0.2) is 20.5 Å². The monoisotopic (exact) mass is 483 g/mol. The van der Waals surface area contributed by atoms with E-state index in [1.54, 1.807) is 0 Å². The molecule has 0 radical (unpaired) electrons. The molecular weight excluding hydrogens is 453 g/mol. The van der Waals surface area contributed by atoms with Gasteiger partial charge in [-0.15, -0.1) is 0 Å². The summed E-state index contributed by atoms with van der Waals surface area (Å²) in [6, 6.07) is 0.361. The molecule has 1 aliphatic heterocycles. The van der Waals surface area contributed by atoms with Gasteiger partial charge < -0.3 is 18.9 Å². The van der Waals surface area contributed by atoms with Crippen LogP contribution in [0, 0.1) is 0 Å². The zero-order valence-corrected chi connectivity index (χ0v) is 19.9. The van der Waals surface area contributed by atoms with Crippen molar-refractivity contribution >= 4 is 15.9 Å². The van der Waals surface area contributed by atoms with Gasteiger partial charge in [0.05, 0.1) is 24.6 Å². The van der Waals surface area contributed by atoms with Gasteiger partial charge in [-0.1, -0.05) is 5.16 Å². The van der Waals surface area contributed by atoms with Gasteiger partial charge in [0.1, 0.15) is 6.10 Å². The number of sulfone groups is 1. The lowest BCUT2D eigenvalue weighted by Crippen LogP contribution is -2.40. The molecule has 2 aliphatic rings. The second-order valence-corrected chi connectivity index (χ2v) is 11.1. The lowest BCUT2D eigenvalue weighted by Gasteiger charge is -2.35. The van der Waals surface area contributed by atoms with E-state index in [2.05, 4.69) is 20.1 Å². The second-order valence-electron chi connectivity index (χ2n) is 9.18. The highest BCUT2D eigenvalue weighted by molar-refractivity contribution is 7.90. The van der Waals surface area contributed by atoms with Gasteiger partial charge in [-0.3, -0.25) is 0 Å². The number of anilines is 1. The number of aromatic nitrogens is 4. The Morgan fingerprint density at radius 3 is 2.21 bits per heavy atom. The highest BCUT2D eigenvalue weighted by atomic mass is 32.2. The van der Waals surface area contributed by atoms with E-state index in [9.17, 15) is 12.8 Å². The lowest BCUT2D eigenvalue weighted by molar-refractivity contribution is -0.0534. The van der Waals surface area contributed by atoms with Crippen LogP contribution in [0.15, 0.2) is 21.9 Å². The summed E-state index contributed by atoms with van der Waals surface area (Å²) in [5, 5.41) is 3.68. The first kappa shape index (κ1) is 23.8. The van der Waals surface area contributed by atoms with Crippen LogP contribution in [0.1, 0.15) is 58.2 Å². The van der Waals surface area contributed by atoms with E-state index in [1.807, 2.05) is 4.90 Å². The second kappa shape index (κ2) is 9.49. The third kappa shape index (κ3) is 6.17. The SMILES string of the molecule is CC(C)(F)c1noc(N2CCC(O[C@H]3CC[C@H](Oc4cnc(S(C)(=O)=O)cn4)CC3)CC2)n1. The number of hydrogen-bond donors (Lipinski definition) is 0. The van der Waals surface area contributed by atoms with Gasteiger partial charge in [-0.25, -0.2) is 22.8 Å². The molecule has 3 heterocycles.